The Morgan fingerprint density at radius 2 is 1.63 bits per heavy atom. The Balaban J connectivity index is 1.65. The minimum Gasteiger partial charge on any atom is -0.483 e. The van der Waals surface area contributed by atoms with Gasteiger partial charge in [0.1, 0.15) is 5.75 Å². The highest BCUT2D eigenvalue weighted by Crippen LogP contribution is 2.24. The van der Waals surface area contributed by atoms with Crippen LogP contribution in [0.5, 0.6) is 5.75 Å². The van der Waals surface area contributed by atoms with Crippen LogP contribution in [-0.2, 0) is 14.8 Å². The molecule has 0 heterocycles. The van der Waals surface area contributed by atoms with Crippen LogP contribution in [0.2, 0.25) is 0 Å². The van der Waals surface area contributed by atoms with Gasteiger partial charge in [0.2, 0.25) is 0 Å². The number of aryl methyl sites for hydroxylation is 3. The fourth-order valence-corrected chi connectivity index (χ4v) is 4.01. The molecule has 3 aromatic rings. The minimum atomic E-state index is -3.72. The van der Waals surface area contributed by atoms with Gasteiger partial charge in [0.15, 0.2) is 6.61 Å². The molecule has 6 nitrogen and oxygen atoms in total. The van der Waals surface area contributed by atoms with Crippen LogP contribution in [0.3, 0.4) is 0 Å². The number of amides is 1. The molecule has 0 atom stereocenters. The normalized spacial score (nSPS) is 11.0. The Morgan fingerprint density at radius 1 is 0.900 bits per heavy atom. The fourth-order valence-electron chi connectivity index (χ4n) is 2.87. The highest BCUT2D eigenvalue weighted by atomic mass is 32.2. The molecule has 2 N–H and O–H groups in total. The van der Waals surface area contributed by atoms with Crippen LogP contribution in [0.25, 0.3) is 0 Å². The van der Waals surface area contributed by atoms with Crippen LogP contribution >= 0.6 is 0 Å². The number of para-hydroxylation sites is 1. The largest absolute Gasteiger partial charge is 0.483 e. The number of rotatable bonds is 7. The third kappa shape index (κ3) is 5.39. The van der Waals surface area contributed by atoms with Gasteiger partial charge < -0.3 is 10.1 Å². The smallest absolute Gasteiger partial charge is 0.262 e. The number of hydrogen-bond acceptors (Lipinski definition) is 4. The Labute approximate surface area is 177 Å². The molecule has 1 amide bonds. The first-order valence-electron chi connectivity index (χ1n) is 9.43. The maximum atomic E-state index is 12.6. The van der Waals surface area contributed by atoms with Crippen molar-refractivity contribution in [3.05, 3.63) is 83.4 Å². The maximum absolute atomic E-state index is 12.6. The lowest BCUT2D eigenvalue weighted by atomic mass is 10.1. The van der Waals surface area contributed by atoms with E-state index in [0.29, 0.717) is 17.0 Å². The lowest BCUT2D eigenvalue weighted by Crippen LogP contribution is -2.21. The number of ether oxygens (including phenoxy) is 1. The molecule has 0 aromatic heterocycles. The summed E-state index contributed by atoms with van der Waals surface area (Å²) < 4.78 is 33.3. The van der Waals surface area contributed by atoms with Crippen molar-refractivity contribution < 1.29 is 17.9 Å². The molecule has 0 spiro atoms. The van der Waals surface area contributed by atoms with Crippen molar-refractivity contribution in [2.75, 3.05) is 16.6 Å². The molecule has 7 heteroatoms. The Hall–Kier alpha value is -3.32. The van der Waals surface area contributed by atoms with E-state index in [0.717, 1.165) is 16.8 Å². The molecule has 30 heavy (non-hydrogen) atoms. The van der Waals surface area contributed by atoms with Crippen LogP contribution in [0.15, 0.2) is 71.6 Å². The van der Waals surface area contributed by atoms with Gasteiger partial charge in [0.05, 0.1) is 4.90 Å². The van der Waals surface area contributed by atoms with Crippen LogP contribution in [0, 0.1) is 20.8 Å². The summed E-state index contributed by atoms with van der Waals surface area (Å²) in [5.74, 6) is 0.162. The third-order valence-electron chi connectivity index (χ3n) is 4.51. The second kappa shape index (κ2) is 9.00. The molecule has 156 valence electrons. The number of benzene rings is 3. The molecule has 0 unspecified atom stereocenters. The highest BCUT2D eigenvalue weighted by Gasteiger charge is 2.16. The van der Waals surface area contributed by atoms with Gasteiger partial charge >= 0.3 is 0 Å². The zero-order valence-corrected chi connectivity index (χ0v) is 17.9. The van der Waals surface area contributed by atoms with E-state index in [1.54, 1.807) is 37.3 Å². The van der Waals surface area contributed by atoms with E-state index in [1.165, 1.54) is 12.1 Å². The maximum Gasteiger partial charge on any atom is 0.262 e. The van der Waals surface area contributed by atoms with Gasteiger partial charge in [-0.25, -0.2) is 8.42 Å². The summed E-state index contributed by atoms with van der Waals surface area (Å²) in [6.07, 6.45) is 0. The van der Waals surface area contributed by atoms with E-state index in [9.17, 15) is 13.2 Å². The first-order chi connectivity index (χ1) is 14.2. The predicted octanol–water partition coefficient (Wildman–Crippen LogP) is 4.43. The lowest BCUT2D eigenvalue weighted by Gasteiger charge is -2.13. The van der Waals surface area contributed by atoms with Crippen LogP contribution in [-0.4, -0.2) is 20.9 Å². The molecular weight excluding hydrogens is 400 g/mol. The van der Waals surface area contributed by atoms with Crippen LogP contribution in [0.1, 0.15) is 16.7 Å². The average Bonchev–Trinajstić information content (AvgIpc) is 2.70. The number of anilines is 2. The summed E-state index contributed by atoms with van der Waals surface area (Å²) in [6, 6.07) is 19.0. The van der Waals surface area contributed by atoms with E-state index in [-0.39, 0.29) is 17.4 Å². The van der Waals surface area contributed by atoms with Gasteiger partial charge in [-0.05, 0) is 73.9 Å². The van der Waals surface area contributed by atoms with E-state index >= 15 is 0 Å². The van der Waals surface area contributed by atoms with E-state index in [2.05, 4.69) is 10.0 Å². The third-order valence-corrected chi connectivity index (χ3v) is 5.89. The Bertz CT molecular complexity index is 1160. The molecular formula is C23H24N2O4S. The van der Waals surface area contributed by atoms with Crippen molar-refractivity contribution in [3.63, 3.8) is 0 Å². The standard InChI is InChI=1S/C23H24N2O4S/c1-16-9-10-17(2)21(13-16)24-23(26)15-29-22-12-11-20(14-18(22)3)30(27,28)25-19-7-5-4-6-8-19/h4-14,25H,15H2,1-3H3,(H,24,26). The van der Waals surface area contributed by atoms with Gasteiger partial charge in [0, 0.05) is 11.4 Å². The van der Waals surface area contributed by atoms with Crippen molar-refractivity contribution in [2.45, 2.75) is 25.7 Å². The molecule has 0 fully saturated rings. The quantitative estimate of drug-likeness (QED) is 0.588. The zero-order valence-electron chi connectivity index (χ0n) is 17.1. The predicted molar refractivity (Wildman–Crippen MR) is 118 cm³/mol. The summed E-state index contributed by atoms with van der Waals surface area (Å²) in [4.78, 5) is 12.4. The van der Waals surface area contributed by atoms with Crippen LogP contribution in [0.4, 0.5) is 11.4 Å². The van der Waals surface area contributed by atoms with Crippen LogP contribution < -0.4 is 14.8 Å². The summed E-state index contributed by atoms with van der Waals surface area (Å²) in [6.45, 7) is 5.43. The molecule has 0 aliphatic carbocycles. The minimum absolute atomic E-state index is 0.121. The van der Waals surface area contributed by atoms with Crippen molar-refractivity contribution in [2.24, 2.45) is 0 Å². The van der Waals surface area contributed by atoms with Crippen molar-refractivity contribution in [3.8, 4) is 5.75 Å². The molecule has 0 bridgehead atoms. The summed E-state index contributed by atoms with van der Waals surface area (Å²) in [7, 11) is -3.72. The van der Waals surface area contributed by atoms with Gasteiger partial charge in [-0.3, -0.25) is 9.52 Å². The van der Waals surface area contributed by atoms with E-state index in [1.807, 2.05) is 38.1 Å². The molecule has 3 aromatic carbocycles. The van der Waals surface area contributed by atoms with Gasteiger partial charge in [-0.2, -0.15) is 0 Å². The lowest BCUT2D eigenvalue weighted by molar-refractivity contribution is -0.118. The molecule has 0 saturated heterocycles. The number of sulfonamides is 1. The Kier molecular flexibility index (Phi) is 6.42. The highest BCUT2D eigenvalue weighted by molar-refractivity contribution is 7.92. The van der Waals surface area contributed by atoms with Crippen molar-refractivity contribution in [1.82, 2.24) is 0 Å². The van der Waals surface area contributed by atoms with Gasteiger partial charge in [-0.1, -0.05) is 30.3 Å². The van der Waals surface area contributed by atoms with Gasteiger partial charge in [-0.15, -0.1) is 0 Å². The summed E-state index contributed by atoms with van der Waals surface area (Å²) in [5, 5.41) is 2.83. The number of nitrogens with one attached hydrogen (secondary N) is 2. The number of hydrogen-bond donors (Lipinski definition) is 2. The Morgan fingerprint density at radius 3 is 2.33 bits per heavy atom. The molecule has 0 aliphatic rings. The van der Waals surface area contributed by atoms with Gasteiger partial charge in [0.25, 0.3) is 15.9 Å². The number of carbonyl (C=O) groups is 1. The molecule has 0 radical (unpaired) electrons. The fraction of sp³-hybridized carbons (Fsp3) is 0.174. The molecule has 0 aliphatic heterocycles. The van der Waals surface area contributed by atoms with E-state index in [4.69, 9.17) is 4.74 Å². The SMILES string of the molecule is Cc1ccc(C)c(NC(=O)COc2ccc(S(=O)(=O)Nc3ccccc3)cc2C)c1. The molecule has 3 rings (SSSR count). The first kappa shape index (κ1) is 21.4. The monoisotopic (exact) mass is 424 g/mol. The second-order valence-corrected chi connectivity index (χ2v) is 8.74. The summed E-state index contributed by atoms with van der Waals surface area (Å²) >= 11 is 0. The zero-order chi connectivity index (χ0) is 21.7. The first-order valence-corrected chi connectivity index (χ1v) is 10.9. The molecule has 0 saturated carbocycles. The second-order valence-electron chi connectivity index (χ2n) is 7.05. The van der Waals surface area contributed by atoms with Crippen molar-refractivity contribution >= 4 is 27.3 Å². The van der Waals surface area contributed by atoms with E-state index < -0.39 is 10.0 Å². The average molecular weight is 425 g/mol. The number of carbonyl (C=O) groups excluding carboxylic acids is 1. The summed E-state index contributed by atoms with van der Waals surface area (Å²) in [5.41, 5.74) is 3.86. The van der Waals surface area contributed by atoms with Crippen molar-refractivity contribution in [1.29, 1.82) is 0 Å². The topological polar surface area (TPSA) is 84.5 Å².